The van der Waals surface area contributed by atoms with E-state index in [1.54, 1.807) is 16.4 Å². The number of hydrogen-bond donors (Lipinski definition) is 1. The highest BCUT2D eigenvalue weighted by Crippen LogP contribution is 2.30. The number of benzene rings is 2. The van der Waals surface area contributed by atoms with Crippen molar-refractivity contribution in [3.05, 3.63) is 93.2 Å². The van der Waals surface area contributed by atoms with Gasteiger partial charge in [-0.1, -0.05) is 67.0 Å². The molecule has 0 aliphatic rings. The number of carbonyl (C=O) groups is 1. The van der Waals surface area contributed by atoms with Crippen molar-refractivity contribution in [3.8, 4) is 0 Å². The third kappa shape index (κ3) is 5.92. The molecule has 0 bridgehead atoms. The maximum atomic E-state index is 13.8. The third-order valence-electron chi connectivity index (χ3n) is 6.37. The summed E-state index contributed by atoms with van der Waals surface area (Å²) in [6, 6.07) is 16.8. The quantitative estimate of drug-likeness (QED) is 0.355. The van der Waals surface area contributed by atoms with Crippen LogP contribution >= 0.6 is 0 Å². The Kier molecular flexibility index (Phi) is 9.23. The molecule has 196 valence electrons. The number of nitrogens with two attached hydrogens (primary N) is 1. The summed E-state index contributed by atoms with van der Waals surface area (Å²) >= 11 is 0. The molecule has 1 unspecified atom stereocenters. The number of aromatic nitrogens is 3. The summed E-state index contributed by atoms with van der Waals surface area (Å²) in [6.07, 6.45) is 0.618. The number of rotatable bonds is 9. The minimum absolute atomic E-state index is 0. The van der Waals surface area contributed by atoms with Gasteiger partial charge in [0.05, 0.1) is 18.3 Å². The van der Waals surface area contributed by atoms with Crippen LogP contribution in [0, 0.1) is 19.8 Å². The van der Waals surface area contributed by atoms with E-state index in [0.29, 0.717) is 48.5 Å². The van der Waals surface area contributed by atoms with Gasteiger partial charge in [0.15, 0.2) is 0 Å². The van der Waals surface area contributed by atoms with Crippen molar-refractivity contribution in [3.63, 3.8) is 0 Å². The van der Waals surface area contributed by atoms with Crippen molar-refractivity contribution in [1.29, 1.82) is 0 Å². The average Bonchev–Trinajstić information content (AvgIpc) is 3.24. The molecule has 0 fully saturated rings. The van der Waals surface area contributed by atoms with Gasteiger partial charge >= 0.3 is 1.43 Å². The van der Waals surface area contributed by atoms with E-state index in [0.717, 1.165) is 11.1 Å². The smallest absolute Gasteiger partial charge is 1.00 e. The van der Waals surface area contributed by atoms with Crippen molar-refractivity contribution in [2.45, 2.75) is 46.7 Å². The number of nitrogens with zero attached hydrogens (tertiary/aromatic N) is 4. The zero-order valence-corrected chi connectivity index (χ0v) is 22.4. The van der Waals surface area contributed by atoms with Crippen LogP contribution in [0.2, 0.25) is 0 Å². The second-order valence-electron chi connectivity index (χ2n) is 9.49. The van der Waals surface area contributed by atoms with Crippen molar-refractivity contribution < 1.29 is 23.2 Å². The van der Waals surface area contributed by atoms with Crippen molar-refractivity contribution in [2.75, 3.05) is 13.1 Å². The Morgan fingerprint density at radius 3 is 2.41 bits per heavy atom. The van der Waals surface area contributed by atoms with E-state index in [9.17, 15) is 9.59 Å². The van der Waals surface area contributed by atoms with Gasteiger partial charge in [0, 0.05) is 12.1 Å². The summed E-state index contributed by atoms with van der Waals surface area (Å²) in [7, 11) is 0. The van der Waals surface area contributed by atoms with Crippen molar-refractivity contribution in [1.82, 2.24) is 19.6 Å². The molecule has 2 aromatic carbocycles. The Morgan fingerprint density at radius 2 is 1.78 bits per heavy atom. The monoisotopic (exact) mass is 523 g/mol. The molecular weight excluding hydrogens is 490 g/mol. The fourth-order valence-electron chi connectivity index (χ4n) is 4.52. The molecule has 0 saturated heterocycles. The van der Waals surface area contributed by atoms with Crippen LogP contribution < -0.4 is 23.7 Å². The molecule has 8 nitrogen and oxygen atoms in total. The van der Waals surface area contributed by atoms with Gasteiger partial charge in [-0.25, -0.2) is 0 Å². The number of halogens is 1. The Morgan fingerprint density at radius 1 is 1.11 bits per heavy atom. The average molecular weight is 524 g/mol. The third-order valence-corrected chi connectivity index (χ3v) is 6.37. The molecule has 0 aliphatic carbocycles. The molecular formula is C28H34ClN5O3. The SMILES string of the molecule is Cc1ccc(C(=O)N(CCCN)C(c2nc3onc(C)c3c(=O)n2Cc2ccccc2)C(C)C)cc1.[Cl-].[H+]. The van der Waals surface area contributed by atoms with E-state index in [1.165, 1.54) is 0 Å². The minimum Gasteiger partial charge on any atom is -1.00 e. The van der Waals surface area contributed by atoms with Gasteiger partial charge in [-0.2, -0.15) is 4.98 Å². The summed E-state index contributed by atoms with van der Waals surface area (Å²) in [5, 5.41) is 4.34. The van der Waals surface area contributed by atoms with Crippen molar-refractivity contribution >= 4 is 17.0 Å². The first-order valence-corrected chi connectivity index (χ1v) is 12.3. The molecule has 2 heterocycles. The number of amides is 1. The minimum atomic E-state index is -0.489. The lowest BCUT2D eigenvalue weighted by Gasteiger charge is -2.35. The maximum absolute atomic E-state index is 13.8. The lowest BCUT2D eigenvalue weighted by molar-refractivity contribution is -0.0000188. The molecule has 9 heteroatoms. The molecule has 1 atom stereocenters. The van der Waals surface area contributed by atoms with E-state index >= 15 is 0 Å². The number of hydrogen-bond acceptors (Lipinski definition) is 6. The summed E-state index contributed by atoms with van der Waals surface area (Å²) in [5.74, 6) is 0.295. The Bertz CT molecular complexity index is 1400. The van der Waals surface area contributed by atoms with Crippen LogP contribution in [0.15, 0.2) is 63.9 Å². The van der Waals surface area contributed by atoms with Crippen LogP contribution in [-0.4, -0.2) is 38.6 Å². The second-order valence-corrected chi connectivity index (χ2v) is 9.49. The largest absolute Gasteiger partial charge is 1.00 e. The number of aryl methyl sites for hydroxylation is 2. The van der Waals surface area contributed by atoms with E-state index in [-0.39, 0.29) is 36.9 Å². The predicted molar refractivity (Wildman–Crippen MR) is 141 cm³/mol. The Balaban J connectivity index is 0.00000253. The van der Waals surface area contributed by atoms with Crippen LogP contribution in [-0.2, 0) is 6.54 Å². The van der Waals surface area contributed by atoms with E-state index < -0.39 is 6.04 Å². The molecule has 0 radical (unpaired) electrons. The van der Waals surface area contributed by atoms with Crippen molar-refractivity contribution in [2.24, 2.45) is 11.7 Å². The standard InChI is InChI=1S/C28H33N5O3.ClH/c1-18(2)24(32(16-8-15-29)27(34)22-13-11-19(3)12-14-22)25-30-26-23(20(4)31-36-26)28(35)33(25)17-21-9-6-5-7-10-21;/h5-7,9-14,18,24H,8,15-17,29H2,1-4H3;1H. The van der Waals surface area contributed by atoms with Gasteiger partial charge in [0.25, 0.3) is 17.2 Å². The molecule has 2 N–H and O–H groups in total. The highest BCUT2D eigenvalue weighted by Gasteiger charge is 2.33. The molecule has 4 aromatic rings. The van der Waals surface area contributed by atoms with Gasteiger partial charge in [-0.15, -0.1) is 0 Å². The molecule has 1 amide bonds. The predicted octanol–water partition coefficient (Wildman–Crippen LogP) is 1.35. The Labute approximate surface area is 224 Å². The molecule has 0 spiro atoms. The molecule has 4 rings (SSSR count). The Hall–Kier alpha value is -3.49. The highest BCUT2D eigenvalue weighted by atomic mass is 35.5. The molecule has 0 saturated carbocycles. The normalized spacial score (nSPS) is 11.9. The fourth-order valence-corrected chi connectivity index (χ4v) is 4.52. The zero-order chi connectivity index (χ0) is 25.8. The van der Waals surface area contributed by atoms with Gasteiger partial charge in [0.1, 0.15) is 11.2 Å². The van der Waals surface area contributed by atoms with Gasteiger partial charge in [-0.3, -0.25) is 14.2 Å². The van der Waals surface area contributed by atoms with Crippen LogP contribution in [0.5, 0.6) is 0 Å². The zero-order valence-electron chi connectivity index (χ0n) is 22.6. The number of fused-ring (bicyclic) bond motifs is 1. The topological polar surface area (TPSA) is 107 Å². The van der Waals surface area contributed by atoms with Crippen LogP contribution in [0.1, 0.15) is 60.7 Å². The summed E-state index contributed by atoms with van der Waals surface area (Å²) in [5.41, 5.74) is 8.91. The van der Waals surface area contributed by atoms with E-state index in [4.69, 9.17) is 15.2 Å². The molecule has 0 aliphatic heterocycles. The van der Waals surface area contributed by atoms with Gasteiger partial charge in [-0.05, 0) is 50.4 Å². The lowest BCUT2D eigenvalue weighted by atomic mass is 9.98. The van der Waals surface area contributed by atoms with Crippen LogP contribution in [0.25, 0.3) is 11.1 Å². The lowest BCUT2D eigenvalue weighted by Crippen LogP contribution is -3.00. The van der Waals surface area contributed by atoms with E-state index in [2.05, 4.69) is 5.16 Å². The number of carbonyl (C=O) groups excluding carboxylic acids is 1. The van der Waals surface area contributed by atoms with Gasteiger partial charge < -0.3 is 27.6 Å². The first-order valence-electron chi connectivity index (χ1n) is 12.3. The van der Waals surface area contributed by atoms with E-state index in [1.807, 2.05) is 75.4 Å². The summed E-state index contributed by atoms with van der Waals surface area (Å²) in [6.45, 7) is 8.95. The maximum Gasteiger partial charge on any atom is 1.00 e. The first-order chi connectivity index (χ1) is 17.3. The fraction of sp³-hybridized carbons (Fsp3) is 0.357. The molecule has 2 aromatic heterocycles. The second kappa shape index (κ2) is 12.2. The summed E-state index contributed by atoms with van der Waals surface area (Å²) < 4.78 is 7.08. The van der Waals surface area contributed by atoms with Crippen LogP contribution in [0.4, 0.5) is 0 Å². The molecule has 37 heavy (non-hydrogen) atoms. The summed E-state index contributed by atoms with van der Waals surface area (Å²) in [4.78, 5) is 34.2. The van der Waals surface area contributed by atoms with Crippen LogP contribution in [0.3, 0.4) is 0 Å². The van der Waals surface area contributed by atoms with Gasteiger partial charge in [0.2, 0.25) is 0 Å². The first kappa shape index (κ1) is 28.1. The highest BCUT2D eigenvalue weighted by molar-refractivity contribution is 5.94.